The van der Waals surface area contributed by atoms with Gasteiger partial charge in [0.2, 0.25) is 5.91 Å². The van der Waals surface area contributed by atoms with Crippen molar-refractivity contribution in [2.75, 3.05) is 26.2 Å². The van der Waals surface area contributed by atoms with Crippen molar-refractivity contribution in [2.24, 2.45) is 0 Å². The Balaban J connectivity index is 2.10. The number of hydrogen-bond acceptors (Lipinski definition) is 3. The van der Waals surface area contributed by atoms with Crippen molar-refractivity contribution in [3.63, 3.8) is 0 Å². The molecule has 1 unspecified atom stereocenters. The lowest BCUT2D eigenvalue weighted by molar-refractivity contribution is -0.118. The standard InChI is InChI=1S/C19H22FNO3/c1-13(14-5-7-15(20)8-6-14)11-19(22)21(2)16-9-10-17(23-3)18(12-16)24-4/h5-10,12-13H,11H2,1-4H3. The van der Waals surface area contributed by atoms with E-state index in [-0.39, 0.29) is 17.6 Å². The first kappa shape index (κ1) is 17.8. The van der Waals surface area contributed by atoms with E-state index in [1.54, 1.807) is 50.4 Å². The number of nitrogens with zero attached hydrogens (tertiary/aromatic N) is 1. The Morgan fingerprint density at radius 3 is 2.29 bits per heavy atom. The molecule has 0 radical (unpaired) electrons. The molecule has 0 spiro atoms. The minimum atomic E-state index is -0.278. The van der Waals surface area contributed by atoms with Gasteiger partial charge in [-0.2, -0.15) is 0 Å². The normalized spacial score (nSPS) is 11.7. The number of halogens is 1. The van der Waals surface area contributed by atoms with E-state index in [0.717, 1.165) is 11.3 Å². The van der Waals surface area contributed by atoms with Crippen LogP contribution in [0.15, 0.2) is 42.5 Å². The Labute approximate surface area is 141 Å². The molecule has 1 atom stereocenters. The predicted molar refractivity (Wildman–Crippen MR) is 92.4 cm³/mol. The number of ether oxygens (including phenoxy) is 2. The summed E-state index contributed by atoms with van der Waals surface area (Å²) in [5.74, 6) is 0.877. The third kappa shape index (κ3) is 4.04. The fourth-order valence-corrected chi connectivity index (χ4v) is 2.49. The molecule has 0 saturated carbocycles. The van der Waals surface area contributed by atoms with Crippen molar-refractivity contribution in [3.8, 4) is 11.5 Å². The summed E-state index contributed by atoms with van der Waals surface area (Å²) in [6.07, 6.45) is 0.330. The number of carbonyl (C=O) groups is 1. The average Bonchev–Trinajstić information content (AvgIpc) is 2.60. The molecule has 0 bridgehead atoms. The smallest absolute Gasteiger partial charge is 0.227 e. The van der Waals surface area contributed by atoms with Crippen LogP contribution in [0.5, 0.6) is 11.5 Å². The van der Waals surface area contributed by atoms with Gasteiger partial charge in [-0.25, -0.2) is 4.39 Å². The zero-order valence-corrected chi connectivity index (χ0v) is 14.4. The Morgan fingerprint density at radius 1 is 1.08 bits per heavy atom. The summed E-state index contributed by atoms with van der Waals surface area (Å²) in [7, 11) is 4.85. The van der Waals surface area contributed by atoms with Gasteiger partial charge in [-0.15, -0.1) is 0 Å². The summed E-state index contributed by atoms with van der Waals surface area (Å²) >= 11 is 0. The van der Waals surface area contributed by atoms with Crippen LogP contribution in [-0.2, 0) is 4.79 Å². The van der Waals surface area contributed by atoms with Gasteiger partial charge >= 0.3 is 0 Å². The van der Waals surface area contributed by atoms with E-state index in [2.05, 4.69) is 0 Å². The van der Waals surface area contributed by atoms with Gasteiger partial charge in [-0.1, -0.05) is 19.1 Å². The van der Waals surface area contributed by atoms with Crippen molar-refractivity contribution in [3.05, 3.63) is 53.8 Å². The third-order valence-corrected chi connectivity index (χ3v) is 4.05. The highest BCUT2D eigenvalue weighted by atomic mass is 19.1. The fraction of sp³-hybridized carbons (Fsp3) is 0.316. The second kappa shape index (κ2) is 7.81. The Kier molecular flexibility index (Phi) is 5.79. The molecule has 0 aromatic heterocycles. The molecule has 0 aliphatic carbocycles. The summed E-state index contributed by atoms with van der Waals surface area (Å²) < 4.78 is 23.5. The van der Waals surface area contributed by atoms with Crippen LogP contribution in [0, 0.1) is 5.82 Å². The molecule has 2 rings (SSSR count). The quantitative estimate of drug-likeness (QED) is 0.803. The highest BCUT2D eigenvalue weighted by Crippen LogP contribution is 2.31. The van der Waals surface area contributed by atoms with Gasteiger partial charge in [-0.05, 0) is 35.7 Å². The number of amides is 1. The monoisotopic (exact) mass is 331 g/mol. The van der Waals surface area contributed by atoms with Gasteiger partial charge in [0, 0.05) is 25.2 Å². The van der Waals surface area contributed by atoms with Crippen LogP contribution in [0.3, 0.4) is 0 Å². The maximum atomic E-state index is 13.0. The van der Waals surface area contributed by atoms with Crippen molar-refractivity contribution in [1.82, 2.24) is 0 Å². The Bertz CT molecular complexity index is 700. The Morgan fingerprint density at radius 2 is 1.71 bits per heavy atom. The molecule has 128 valence electrons. The largest absolute Gasteiger partial charge is 0.493 e. The molecular weight excluding hydrogens is 309 g/mol. The van der Waals surface area contributed by atoms with Crippen molar-refractivity contribution >= 4 is 11.6 Å². The first-order chi connectivity index (χ1) is 11.5. The number of hydrogen-bond donors (Lipinski definition) is 0. The van der Waals surface area contributed by atoms with Crippen LogP contribution in [-0.4, -0.2) is 27.2 Å². The minimum Gasteiger partial charge on any atom is -0.493 e. The summed E-state index contributed by atoms with van der Waals surface area (Å²) in [5, 5.41) is 0. The maximum Gasteiger partial charge on any atom is 0.227 e. The number of anilines is 1. The zero-order valence-electron chi connectivity index (χ0n) is 14.4. The summed E-state index contributed by atoms with van der Waals surface area (Å²) in [4.78, 5) is 14.1. The van der Waals surface area contributed by atoms with Gasteiger partial charge in [0.15, 0.2) is 11.5 Å². The third-order valence-electron chi connectivity index (χ3n) is 4.05. The van der Waals surface area contributed by atoms with Gasteiger partial charge < -0.3 is 14.4 Å². The predicted octanol–water partition coefficient (Wildman–Crippen LogP) is 4.00. The van der Waals surface area contributed by atoms with Crippen molar-refractivity contribution in [2.45, 2.75) is 19.3 Å². The molecule has 0 aliphatic heterocycles. The molecule has 2 aromatic rings. The molecule has 0 fully saturated rings. The summed E-state index contributed by atoms with van der Waals surface area (Å²) in [5.41, 5.74) is 1.66. The first-order valence-corrected chi connectivity index (χ1v) is 7.70. The SMILES string of the molecule is COc1ccc(N(C)C(=O)CC(C)c2ccc(F)cc2)cc1OC. The first-order valence-electron chi connectivity index (χ1n) is 7.70. The average molecular weight is 331 g/mol. The molecule has 0 N–H and O–H groups in total. The molecule has 0 heterocycles. The van der Waals surface area contributed by atoms with Crippen LogP contribution < -0.4 is 14.4 Å². The van der Waals surface area contributed by atoms with Crippen LogP contribution >= 0.6 is 0 Å². The van der Waals surface area contributed by atoms with Crippen LogP contribution in [0.25, 0.3) is 0 Å². The van der Waals surface area contributed by atoms with E-state index >= 15 is 0 Å². The highest BCUT2D eigenvalue weighted by molar-refractivity contribution is 5.93. The van der Waals surface area contributed by atoms with Gasteiger partial charge in [-0.3, -0.25) is 4.79 Å². The van der Waals surface area contributed by atoms with E-state index in [0.29, 0.717) is 17.9 Å². The number of carbonyl (C=O) groups excluding carboxylic acids is 1. The summed E-state index contributed by atoms with van der Waals surface area (Å²) in [6.45, 7) is 1.95. The van der Waals surface area contributed by atoms with E-state index in [9.17, 15) is 9.18 Å². The van der Waals surface area contributed by atoms with E-state index < -0.39 is 0 Å². The summed E-state index contributed by atoms with van der Waals surface area (Å²) in [6, 6.07) is 11.6. The molecule has 0 aliphatic rings. The second-order valence-electron chi connectivity index (χ2n) is 5.65. The van der Waals surface area contributed by atoms with E-state index in [4.69, 9.17) is 9.47 Å². The number of methoxy groups -OCH3 is 2. The zero-order chi connectivity index (χ0) is 17.7. The molecule has 1 amide bonds. The number of benzene rings is 2. The second-order valence-corrected chi connectivity index (χ2v) is 5.65. The topological polar surface area (TPSA) is 38.8 Å². The van der Waals surface area contributed by atoms with Gasteiger partial charge in [0.05, 0.1) is 14.2 Å². The van der Waals surface area contributed by atoms with Crippen molar-refractivity contribution < 1.29 is 18.7 Å². The Hall–Kier alpha value is -2.56. The highest BCUT2D eigenvalue weighted by Gasteiger charge is 2.17. The fourth-order valence-electron chi connectivity index (χ4n) is 2.49. The van der Waals surface area contributed by atoms with Crippen LogP contribution in [0.4, 0.5) is 10.1 Å². The van der Waals surface area contributed by atoms with Crippen LogP contribution in [0.1, 0.15) is 24.8 Å². The molecule has 24 heavy (non-hydrogen) atoms. The lowest BCUT2D eigenvalue weighted by atomic mass is 9.97. The number of rotatable bonds is 6. The van der Waals surface area contributed by atoms with E-state index in [1.165, 1.54) is 12.1 Å². The van der Waals surface area contributed by atoms with Gasteiger partial charge in [0.25, 0.3) is 0 Å². The lowest BCUT2D eigenvalue weighted by Crippen LogP contribution is -2.27. The van der Waals surface area contributed by atoms with Crippen LogP contribution in [0.2, 0.25) is 0 Å². The molecule has 5 heteroatoms. The molecular formula is C19H22FNO3. The molecule has 2 aromatic carbocycles. The molecule has 4 nitrogen and oxygen atoms in total. The van der Waals surface area contributed by atoms with Gasteiger partial charge in [0.1, 0.15) is 5.82 Å². The van der Waals surface area contributed by atoms with Crippen molar-refractivity contribution in [1.29, 1.82) is 0 Å². The lowest BCUT2D eigenvalue weighted by Gasteiger charge is -2.21. The molecule has 0 saturated heterocycles. The minimum absolute atomic E-state index is 0.000643. The maximum absolute atomic E-state index is 13.0. The van der Waals surface area contributed by atoms with E-state index in [1.807, 2.05) is 13.0 Å².